The number of hydrogen-bond donors (Lipinski definition) is 1. The molecule has 2 aromatic carbocycles. The van der Waals surface area contributed by atoms with Crippen LogP contribution in [0.2, 0.25) is 0 Å². The Balaban J connectivity index is 1.57. The average Bonchev–Trinajstić information content (AvgIpc) is 3.20. The zero-order valence-corrected chi connectivity index (χ0v) is 14.6. The van der Waals surface area contributed by atoms with Crippen LogP contribution >= 0.6 is 0 Å². The number of oxazole rings is 1. The van der Waals surface area contributed by atoms with Gasteiger partial charge in [-0.2, -0.15) is 0 Å². The van der Waals surface area contributed by atoms with Crippen LogP contribution in [0.5, 0.6) is 0 Å². The number of fused-ring (bicyclic) bond motifs is 1. The molecule has 2 amide bonds. The fourth-order valence-corrected chi connectivity index (χ4v) is 3.16. The number of benzene rings is 2. The van der Waals surface area contributed by atoms with Crippen molar-refractivity contribution in [3.8, 4) is 0 Å². The third kappa shape index (κ3) is 3.05. The molecule has 1 N–H and O–H groups in total. The molecule has 8 nitrogen and oxygen atoms in total. The molecule has 1 aliphatic heterocycles. The maximum Gasteiger partial charge on any atom is 0.420 e. The minimum atomic E-state index is -0.586. The minimum Gasteiger partial charge on any atom is -0.447 e. The van der Waals surface area contributed by atoms with E-state index in [1.54, 1.807) is 42.5 Å². The second kappa shape index (κ2) is 6.64. The lowest BCUT2D eigenvalue weighted by Crippen LogP contribution is -2.26. The summed E-state index contributed by atoms with van der Waals surface area (Å²) in [5.41, 5.74) is 2.98. The highest BCUT2D eigenvalue weighted by molar-refractivity contribution is 5.96. The molecule has 27 heavy (non-hydrogen) atoms. The van der Waals surface area contributed by atoms with Crippen LogP contribution in [-0.4, -0.2) is 29.7 Å². The first-order valence-corrected chi connectivity index (χ1v) is 8.47. The SMILES string of the molecule is Cc1c(NC(=O)Cn2c(=O)oc3ccccc32)cccc1N1CCOC1=O. The summed E-state index contributed by atoms with van der Waals surface area (Å²) < 4.78 is 11.4. The molecule has 2 heterocycles. The molecule has 0 spiro atoms. The van der Waals surface area contributed by atoms with Gasteiger partial charge in [-0.3, -0.25) is 14.3 Å². The number of nitrogens with one attached hydrogen (secondary N) is 1. The summed E-state index contributed by atoms with van der Waals surface area (Å²) in [5.74, 6) is -0.954. The van der Waals surface area contributed by atoms with Gasteiger partial charge in [0.2, 0.25) is 5.91 Å². The molecule has 1 aliphatic rings. The third-order valence-corrected chi connectivity index (χ3v) is 4.51. The number of carbonyl (C=O) groups excluding carboxylic acids is 2. The molecule has 0 radical (unpaired) electrons. The molecule has 0 unspecified atom stereocenters. The Morgan fingerprint density at radius 1 is 1.15 bits per heavy atom. The van der Waals surface area contributed by atoms with E-state index in [0.717, 1.165) is 5.56 Å². The van der Waals surface area contributed by atoms with Gasteiger partial charge in [0, 0.05) is 5.69 Å². The largest absolute Gasteiger partial charge is 0.447 e. The predicted molar refractivity (Wildman–Crippen MR) is 99.0 cm³/mol. The first-order valence-electron chi connectivity index (χ1n) is 8.47. The van der Waals surface area contributed by atoms with Crippen LogP contribution in [0.25, 0.3) is 11.1 Å². The van der Waals surface area contributed by atoms with Crippen molar-refractivity contribution in [3.63, 3.8) is 0 Å². The Morgan fingerprint density at radius 2 is 1.96 bits per heavy atom. The first-order chi connectivity index (χ1) is 13.0. The lowest BCUT2D eigenvalue weighted by Gasteiger charge is -2.18. The number of cyclic esters (lactones) is 1. The Labute approximate surface area is 153 Å². The van der Waals surface area contributed by atoms with Gasteiger partial charge in [0.05, 0.1) is 17.7 Å². The van der Waals surface area contributed by atoms with Crippen LogP contribution in [0.4, 0.5) is 16.2 Å². The third-order valence-electron chi connectivity index (χ3n) is 4.51. The minimum absolute atomic E-state index is 0.175. The predicted octanol–water partition coefficient (Wildman–Crippen LogP) is 2.50. The molecule has 4 rings (SSSR count). The van der Waals surface area contributed by atoms with Gasteiger partial charge in [0.1, 0.15) is 13.2 Å². The molecular formula is C19H17N3O5. The second-order valence-corrected chi connectivity index (χ2v) is 6.19. The molecular weight excluding hydrogens is 350 g/mol. The number of carbonyl (C=O) groups is 2. The van der Waals surface area contributed by atoms with Gasteiger partial charge in [-0.1, -0.05) is 18.2 Å². The number of aromatic nitrogens is 1. The van der Waals surface area contributed by atoms with Crippen molar-refractivity contribution in [1.82, 2.24) is 4.57 Å². The zero-order chi connectivity index (χ0) is 19.0. The number of hydrogen-bond acceptors (Lipinski definition) is 5. The highest BCUT2D eigenvalue weighted by Crippen LogP contribution is 2.28. The number of ether oxygens (including phenoxy) is 1. The summed E-state index contributed by atoms with van der Waals surface area (Å²) in [6.07, 6.45) is -0.405. The van der Waals surface area contributed by atoms with Crippen molar-refractivity contribution in [1.29, 1.82) is 0 Å². The lowest BCUT2D eigenvalue weighted by atomic mass is 10.1. The summed E-state index contributed by atoms with van der Waals surface area (Å²) in [4.78, 5) is 37.9. The summed E-state index contributed by atoms with van der Waals surface area (Å²) in [6, 6.07) is 12.2. The van der Waals surface area contributed by atoms with E-state index in [9.17, 15) is 14.4 Å². The van der Waals surface area contributed by atoms with E-state index in [0.29, 0.717) is 35.6 Å². The second-order valence-electron chi connectivity index (χ2n) is 6.19. The summed E-state index contributed by atoms with van der Waals surface area (Å²) in [6.45, 7) is 2.44. The van der Waals surface area contributed by atoms with Crippen molar-refractivity contribution in [3.05, 3.63) is 58.6 Å². The molecule has 0 saturated carbocycles. The normalized spacial score (nSPS) is 13.8. The summed E-state index contributed by atoms with van der Waals surface area (Å²) in [7, 11) is 0. The first kappa shape index (κ1) is 16.9. The molecule has 1 saturated heterocycles. The quantitative estimate of drug-likeness (QED) is 0.765. The fourth-order valence-electron chi connectivity index (χ4n) is 3.16. The van der Waals surface area contributed by atoms with Gasteiger partial charge >= 0.3 is 11.8 Å². The molecule has 1 fully saturated rings. The standard InChI is InChI=1S/C19H17N3O5/c1-12-13(5-4-7-14(12)21-9-10-26-18(21)24)20-17(23)11-22-15-6-2-3-8-16(15)27-19(22)25/h2-8H,9-11H2,1H3,(H,20,23). The number of anilines is 2. The van der Waals surface area contributed by atoms with E-state index >= 15 is 0 Å². The van der Waals surface area contributed by atoms with Crippen molar-refractivity contribution in [2.24, 2.45) is 0 Å². The Bertz CT molecular complexity index is 1100. The Morgan fingerprint density at radius 3 is 2.74 bits per heavy atom. The van der Waals surface area contributed by atoms with E-state index in [-0.39, 0.29) is 12.5 Å². The van der Waals surface area contributed by atoms with Crippen LogP contribution in [0.3, 0.4) is 0 Å². The molecule has 138 valence electrons. The number of nitrogens with zero attached hydrogens (tertiary/aromatic N) is 2. The fraction of sp³-hybridized carbons (Fsp3) is 0.211. The van der Waals surface area contributed by atoms with Gasteiger partial charge in [0.25, 0.3) is 0 Å². The molecule has 8 heteroatoms. The highest BCUT2D eigenvalue weighted by Gasteiger charge is 2.25. The number of rotatable bonds is 4. The van der Waals surface area contributed by atoms with Crippen molar-refractivity contribution in [2.75, 3.05) is 23.4 Å². The van der Waals surface area contributed by atoms with Crippen molar-refractivity contribution in [2.45, 2.75) is 13.5 Å². The average molecular weight is 367 g/mol. The van der Waals surface area contributed by atoms with Gasteiger partial charge in [-0.15, -0.1) is 0 Å². The summed E-state index contributed by atoms with van der Waals surface area (Å²) >= 11 is 0. The topological polar surface area (TPSA) is 93.8 Å². The zero-order valence-electron chi connectivity index (χ0n) is 14.6. The smallest absolute Gasteiger partial charge is 0.420 e. The van der Waals surface area contributed by atoms with Gasteiger partial charge in [-0.05, 0) is 36.8 Å². The van der Waals surface area contributed by atoms with E-state index in [2.05, 4.69) is 5.32 Å². The van der Waals surface area contributed by atoms with Crippen LogP contribution in [0, 0.1) is 6.92 Å². The molecule has 0 bridgehead atoms. The summed E-state index contributed by atoms with van der Waals surface area (Å²) in [5, 5.41) is 2.80. The highest BCUT2D eigenvalue weighted by atomic mass is 16.6. The van der Waals surface area contributed by atoms with Crippen LogP contribution in [-0.2, 0) is 16.1 Å². The molecule has 3 aromatic rings. The van der Waals surface area contributed by atoms with Crippen LogP contribution in [0.15, 0.2) is 51.7 Å². The monoisotopic (exact) mass is 367 g/mol. The van der Waals surface area contributed by atoms with E-state index < -0.39 is 11.8 Å². The maximum atomic E-state index is 12.5. The molecule has 1 aromatic heterocycles. The van der Waals surface area contributed by atoms with E-state index in [4.69, 9.17) is 9.15 Å². The van der Waals surface area contributed by atoms with Gasteiger partial charge < -0.3 is 14.5 Å². The Kier molecular flexibility index (Phi) is 4.15. The van der Waals surface area contributed by atoms with E-state index in [1.807, 2.05) is 6.92 Å². The Hall–Kier alpha value is -3.55. The van der Waals surface area contributed by atoms with Gasteiger partial charge in [0.15, 0.2) is 5.58 Å². The van der Waals surface area contributed by atoms with Crippen molar-refractivity contribution >= 4 is 34.5 Å². The molecule has 0 atom stereocenters. The van der Waals surface area contributed by atoms with Crippen LogP contribution in [0.1, 0.15) is 5.56 Å². The van der Waals surface area contributed by atoms with Crippen molar-refractivity contribution < 1.29 is 18.7 Å². The number of amides is 2. The molecule has 0 aliphatic carbocycles. The lowest BCUT2D eigenvalue weighted by molar-refractivity contribution is -0.116. The van der Waals surface area contributed by atoms with Gasteiger partial charge in [-0.25, -0.2) is 9.59 Å². The van der Waals surface area contributed by atoms with Crippen LogP contribution < -0.4 is 16.0 Å². The maximum absolute atomic E-state index is 12.5. The van der Waals surface area contributed by atoms with E-state index in [1.165, 1.54) is 9.47 Å². The number of para-hydroxylation sites is 2.